The number of ether oxygens (including phenoxy) is 1. The molecule has 1 fully saturated rings. The molecule has 9 nitrogen and oxygen atoms in total. The molecule has 9 heteroatoms. The molecule has 4 rings (SSSR count). The van der Waals surface area contributed by atoms with Crippen LogP contribution >= 0.6 is 0 Å². The number of aromatic amines is 1. The highest BCUT2D eigenvalue weighted by atomic mass is 16.5. The van der Waals surface area contributed by atoms with E-state index in [-0.39, 0.29) is 17.9 Å². The van der Waals surface area contributed by atoms with Crippen LogP contribution in [0.15, 0.2) is 23.1 Å². The summed E-state index contributed by atoms with van der Waals surface area (Å²) in [5, 5.41) is 8.12. The molecule has 1 aliphatic heterocycles. The Balaban J connectivity index is 1.41. The molecular weight excluding hydrogens is 384 g/mol. The minimum Gasteiger partial charge on any atom is -0.378 e. The third-order valence-corrected chi connectivity index (χ3v) is 5.55. The standard InChI is InChI=1S/C21H26N6O3/c1-13-16(21(29)24-20-19(13)14(2)25-26(20)3)5-7-18(28)23-17-6-4-15(12-22-17)27-8-10-30-11-9-27/h4,6,12H,5,7-11H2,1-3H3,(H,24,29)(H,22,23,28). The number of fused-ring (bicyclic) bond motifs is 1. The van der Waals surface area contributed by atoms with Crippen molar-refractivity contribution in [3.05, 3.63) is 45.5 Å². The summed E-state index contributed by atoms with van der Waals surface area (Å²) in [5.41, 5.74) is 3.89. The molecule has 30 heavy (non-hydrogen) atoms. The van der Waals surface area contributed by atoms with Gasteiger partial charge in [0.15, 0.2) is 0 Å². The SMILES string of the molecule is Cc1nn(C)c2[nH]c(=O)c(CCC(=O)Nc3ccc(N4CCOCC4)cn3)c(C)c12. The minimum absolute atomic E-state index is 0.177. The van der Waals surface area contributed by atoms with Gasteiger partial charge in [0.05, 0.1) is 30.8 Å². The van der Waals surface area contributed by atoms with E-state index in [0.717, 1.165) is 35.4 Å². The van der Waals surface area contributed by atoms with Crippen molar-refractivity contribution >= 4 is 28.4 Å². The molecule has 3 aromatic heterocycles. The van der Waals surface area contributed by atoms with E-state index in [0.29, 0.717) is 36.7 Å². The Morgan fingerprint density at radius 3 is 2.73 bits per heavy atom. The predicted molar refractivity (Wildman–Crippen MR) is 115 cm³/mol. The number of anilines is 2. The molecule has 158 valence electrons. The molecule has 0 spiro atoms. The third-order valence-electron chi connectivity index (χ3n) is 5.55. The fraction of sp³-hybridized carbons (Fsp3) is 0.429. The lowest BCUT2D eigenvalue weighted by atomic mass is 10.0. The minimum atomic E-state index is -0.177. The topological polar surface area (TPSA) is 105 Å². The maximum absolute atomic E-state index is 12.5. The number of amides is 1. The van der Waals surface area contributed by atoms with Gasteiger partial charge >= 0.3 is 0 Å². The molecule has 1 amide bonds. The summed E-state index contributed by atoms with van der Waals surface area (Å²) in [6.45, 7) is 6.91. The fourth-order valence-electron chi connectivity index (χ4n) is 3.97. The molecule has 0 radical (unpaired) electrons. The zero-order valence-corrected chi connectivity index (χ0v) is 17.5. The summed E-state index contributed by atoms with van der Waals surface area (Å²) in [6, 6.07) is 3.74. The van der Waals surface area contributed by atoms with Crippen LogP contribution in [0, 0.1) is 13.8 Å². The van der Waals surface area contributed by atoms with Crippen LogP contribution < -0.4 is 15.8 Å². The number of nitrogens with zero attached hydrogens (tertiary/aromatic N) is 4. The number of hydrogen-bond donors (Lipinski definition) is 2. The number of rotatable bonds is 5. The lowest BCUT2D eigenvalue weighted by molar-refractivity contribution is -0.116. The van der Waals surface area contributed by atoms with Crippen LogP contribution in [0.5, 0.6) is 0 Å². The molecule has 1 saturated heterocycles. The van der Waals surface area contributed by atoms with Crippen molar-refractivity contribution in [1.82, 2.24) is 19.7 Å². The zero-order valence-electron chi connectivity index (χ0n) is 17.5. The molecule has 4 heterocycles. The number of hydrogen-bond acceptors (Lipinski definition) is 6. The Bertz CT molecular complexity index is 1130. The Morgan fingerprint density at radius 1 is 1.27 bits per heavy atom. The van der Waals surface area contributed by atoms with Crippen molar-refractivity contribution in [2.45, 2.75) is 26.7 Å². The average Bonchev–Trinajstić information content (AvgIpc) is 3.02. The number of aromatic nitrogens is 4. The van der Waals surface area contributed by atoms with Gasteiger partial charge in [-0.1, -0.05) is 0 Å². The monoisotopic (exact) mass is 410 g/mol. The fourth-order valence-corrected chi connectivity index (χ4v) is 3.97. The van der Waals surface area contributed by atoms with Gasteiger partial charge in [0.1, 0.15) is 11.5 Å². The van der Waals surface area contributed by atoms with Gasteiger partial charge in [-0.2, -0.15) is 5.10 Å². The van der Waals surface area contributed by atoms with Crippen LogP contribution in [0.2, 0.25) is 0 Å². The normalized spacial score (nSPS) is 14.3. The van der Waals surface area contributed by atoms with Crippen molar-refractivity contribution < 1.29 is 9.53 Å². The van der Waals surface area contributed by atoms with E-state index in [1.807, 2.05) is 19.9 Å². The highest BCUT2D eigenvalue weighted by molar-refractivity contribution is 5.90. The van der Waals surface area contributed by atoms with Gasteiger partial charge in [-0.3, -0.25) is 14.3 Å². The van der Waals surface area contributed by atoms with E-state index in [2.05, 4.69) is 25.3 Å². The van der Waals surface area contributed by atoms with Gasteiger partial charge in [0.25, 0.3) is 5.56 Å². The Hall–Kier alpha value is -3.20. The quantitative estimate of drug-likeness (QED) is 0.663. The lowest BCUT2D eigenvalue weighted by Crippen LogP contribution is -2.36. The first kappa shape index (κ1) is 20.1. The van der Waals surface area contributed by atoms with Crippen LogP contribution in [-0.4, -0.2) is 52.0 Å². The third kappa shape index (κ3) is 3.93. The smallest absolute Gasteiger partial charge is 0.253 e. The Kier molecular flexibility index (Phi) is 5.54. The summed E-state index contributed by atoms with van der Waals surface area (Å²) in [7, 11) is 1.80. The van der Waals surface area contributed by atoms with Gasteiger partial charge in [0.2, 0.25) is 5.91 Å². The van der Waals surface area contributed by atoms with E-state index < -0.39 is 0 Å². The second kappa shape index (κ2) is 8.27. The summed E-state index contributed by atoms with van der Waals surface area (Å²) >= 11 is 0. The molecule has 2 N–H and O–H groups in total. The first-order chi connectivity index (χ1) is 14.4. The van der Waals surface area contributed by atoms with Crippen LogP contribution in [0.25, 0.3) is 11.0 Å². The van der Waals surface area contributed by atoms with E-state index >= 15 is 0 Å². The first-order valence-electron chi connectivity index (χ1n) is 10.1. The van der Waals surface area contributed by atoms with Gasteiger partial charge < -0.3 is 19.9 Å². The molecule has 0 unspecified atom stereocenters. The highest BCUT2D eigenvalue weighted by Crippen LogP contribution is 2.21. The number of nitrogens with one attached hydrogen (secondary N) is 2. The molecule has 0 atom stereocenters. The zero-order chi connectivity index (χ0) is 21.3. The van der Waals surface area contributed by atoms with Crippen LogP contribution in [0.1, 0.15) is 23.2 Å². The van der Waals surface area contributed by atoms with Crippen molar-refractivity contribution in [3.63, 3.8) is 0 Å². The van der Waals surface area contributed by atoms with Crippen molar-refractivity contribution in [2.24, 2.45) is 7.05 Å². The molecule has 0 bridgehead atoms. The number of aryl methyl sites for hydroxylation is 3. The molecule has 3 aromatic rings. The number of H-pyrrole nitrogens is 1. The van der Waals surface area contributed by atoms with Gasteiger partial charge in [-0.25, -0.2) is 4.98 Å². The maximum Gasteiger partial charge on any atom is 0.253 e. The molecule has 0 aromatic carbocycles. The predicted octanol–water partition coefficient (Wildman–Crippen LogP) is 1.68. The number of carbonyl (C=O) groups excluding carboxylic acids is 1. The van der Waals surface area contributed by atoms with Crippen LogP contribution in [0.3, 0.4) is 0 Å². The lowest BCUT2D eigenvalue weighted by Gasteiger charge is -2.28. The molecule has 1 aliphatic rings. The van der Waals surface area contributed by atoms with Gasteiger partial charge in [-0.15, -0.1) is 0 Å². The number of carbonyl (C=O) groups is 1. The second-order valence-electron chi connectivity index (χ2n) is 7.54. The van der Waals surface area contributed by atoms with E-state index in [1.54, 1.807) is 24.0 Å². The van der Waals surface area contributed by atoms with Crippen molar-refractivity contribution in [1.29, 1.82) is 0 Å². The van der Waals surface area contributed by atoms with E-state index in [4.69, 9.17) is 4.74 Å². The van der Waals surface area contributed by atoms with Gasteiger partial charge in [0, 0.05) is 37.5 Å². The average molecular weight is 410 g/mol. The Labute approximate surface area is 174 Å². The second-order valence-corrected chi connectivity index (χ2v) is 7.54. The molecule has 0 saturated carbocycles. The van der Waals surface area contributed by atoms with Gasteiger partial charge in [-0.05, 0) is 38.0 Å². The molecular formula is C21H26N6O3. The van der Waals surface area contributed by atoms with Crippen molar-refractivity contribution in [3.8, 4) is 0 Å². The first-order valence-corrected chi connectivity index (χ1v) is 10.1. The van der Waals surface area contributed by atoms with E-state index in [1.165, 1.54) is 0 Å². The maximum atomic E-state index is 12.5. The van der Waals surface area contributed by atoms with Crippen LogP contribution in [0.4, 0.5) is 11.5 Å². The Morgan fingerprint density at radius 2 is 2.03 bits per heavy atom. The largest absolute Gasteiger partial charge is 0.378 e. The van der Waals surface area contributed by atoms with Crippen molar-refractivity contribution in [2.75, 3.05) is 36.5 Å². The number of morpholine rings is 1. The van der Waals surface area contributed by atoms with Crippen LogP contribution in [-0.2, 0) is 23.0 Å². The summed E-state index contributed by atoms with van der Waals surface area (Å²) in [4.78, 5) is 34.4. The summed E-state index contributed by atoms with van der Waals surface area (Å²) < 4.78 is 7.03. The van der Waals surface area contributed by atoms with E-state index in [9.17, 15) is 9.59 Å². The highest BCUT2D eigenvalue weighted by Gasteiger charge is 2.16. The summed E-state index contributed by atoms with van der Waals surface area (Å²) in [5.74, 6) is 0.324. The molecule has 0 aliphatic carbocycles. The summed E-state index contributed by atoms with van der Waals surface area (Å²) in [6.07, 6.45) is 2.31. The number of pyridine rings is 2.